The van der Waals surface area contributed by atoms with Crippen molar-refractivity contribution in [3.05, 3.63) is 40.0 Å². The fourth-order valence-corrected chi connectivity index (χ4v) is 2.62. The molecule has 0 aliphatic heterocycles. The van der Waals surface area contributed by atoms with Crippen molar-refractivity contribution in [2.24, 2.45) is 0 Å². The van der Waals surface area contributed by atoms with Crippen LogP contribution in [0.25, 0.3) is 0 Å². The molecular formula is C9H7BrClN3O2S. The maximum atomic E-state index is 11.8. The van der Waals surface area contributed by atoms with Gasteiger partial charge in [-0.2, -0.15) is 13.5 Å². The number of aromatic amines is 1. The molecule has 0 saturated carbocycles. The molecule has 0 amide bonds. The Balaban J connectivity index is 2.30. The first kappa shape index (κ1) is 12.4. The highest BCUT2D eigenvalue weighted by Gasteiger charge is 2.15. The van der Waals surface area contributed by atoms with E-state index in [4.69, 9.17) is 11.6 Å². The van der Waals surface area contributed by atoms with Crippen molar-refractivity contribution in [3.8, 4) is 0 Å². The topological polar surface area (TPSA) is 74.8 Å². The van der Waals surface area contributed by atoms with Crippen molar-refractivity contribution in [2.75, 3.05) is 4.72 Å². The highest BCUT2D eigenvalue weighted by molar-refractivity contribution is 9.10. The number of H-pyrrole nitrogens is 1. The average molecular weight is 337 g/mol. The SMILES string of the molecule is O=S(=O)(Nc1ccc(Cl)c(Br)c1)c1ccn[nH]1. The average Bonchev–Trinajstić information content (AvgIpc) is 2.77. The Kier molecular flexibility index (Phi) is 3.41. The van der Waals surface area contributed by atoms with Crippen LogP contribution in [0.15, 0.2) is 40.0 Å². The molecule has 0 aliphatic rings. The lowest BCUT2D eigenvalue weighted by Crippen LogP contribution is -2.13. The minimum atomic E-state index is -3.63. The zero-order valence-electron chi connectivity index (χ0n) is 8.31. The summed E-state index contributed by atoms with van der Waals surface area (Å²) < 4.78 is 26.7. The Morgan fingerprint density at radius 3 is 2.71 bits per heavy atom. The molecule has 0 aliphatic carbocycles. The summed E-state index contributed by atoms with van der Waals surface area (Å²) in [7, 11) is -3.63. The van der Waals surface area contributed by atoms with Crippen LogP contribution in [0.2, 0.25) is 5.02 Å². The molecule has 0 atom stereocenters. The molecule has 2 rings (SSSR count). The number of sulfonamides is 1. The molecular weight excluding hydrogens is 330 g/mol. The standard InChI is InChI=1S/C9H7BrClN3O2S/c10-7-5-6(1-2-8(7)11)14-17(15,16)9-3-4-12-13-9/h1-5,14H,(H,12,13). The van der Waals surface area contributed by atoms with E-state index in [1.807, 2.05) is 0 Å². The van der Waals surface area contributed by atoms with Crippen molar-refractivity contribution in [2.45, 2.75) is 5.03 Å². The molecule has 0 saturated heterocycles. The first-order valence-corrected chi connectivity index (χ1v) is 7.12. The molecule has 0 radical (unpaired) electrons. The van der Waals surface area contributed by atoms with Crippen LogP contribution in [0.1, 0.15) is 0 Å². The first-order chi connectivity index (χ1) is 7.99. The van der Waals surface area contributed by atoms with Gasteiger partial charge in [0.1, 0.15) is 0 Å². The largest absolute Gasteiger partial charge is 0.278 e. The van der Waals surface area contributed by atoms with E-state index in [2.05, 4.69) is 30.8 Å². The summed E-state index contributed by atoms with van der Waals surface area (Å²) in [4.78, 5) is 0. The van der Waals surface area contributed by atoms with Crippen LogP contribution >= 0.6 is 27.5 Å². The Morgan fingerprint density at radius 1 is 1.35 bits per heavy atom. The van der Waals surface area contributed by atoms with Gasteiger partial charge in [0.15, 0.2) is 5.03 Å². The van der Waals surface area contributed by atoms with Gasteiger partial charge in [-0.1, -0.05) is 11.6 Å². The van der Waals surface area contributed by atoms with Crippen LogP contribution in [0.3, 0.4) is 0 Å². The van der Waals surface area contributed by atoms with E-state index in [1.165, 1.54) is 12.3 Å². The van der Waals surface area contributed by atoms with E-state index in [1.54, 1.807) is 18.2 Å². The second-order valence-electron chi connectivity index (χ2n) is 3.16. The van der Waals surface area contributed by atoms with Crippen LogP contribution in [0.5, 0.6) is 0 Å². The third kappa shape index (κ3) is 2.80. The number of hydrogen-bond donors (Lipinski definition) is 2. The van der Waals surface area contributed by atoms with Gasteiger partial charge in [-0.25, -0.2) is 0 Å². The van der Waals surface area contributed by atoms with E-state index < -0.39 is 10.0 Å². The van der Waals surface area contributed by atoms with Gasteiger partial charge in [0, 0.05) is 4.47 Å². The Hall–Kier alpha value is -1.05. The number of anilines is 1. The lowest BCUT2D eigenvalue weighted by Gasteiger charge is -2.06. The number of halogens is 2. The quantitative estimate of drug-likeness (QED) is 0.905. The van der Waals surface area contributed by atoms with Gasteiger partial charge in [-0.3, -0.25) is 9.82 Å². The Labute approximate surface area is 111 Å². The Morgan fingerprint density at radius 2 is 2.12 bits per heavy atom. The summed E-state index contributed by atoms with van der Waals surface area (Å²) in [5.41, 5.74) is 0.413. The van der Waals surface area contributed by atoms with Crippen molar-refractivity contribution >= 4 is 43.2 Å². The fourth-order valence-electron chi connectivity index (χ4n) is 1.16. The summed E-state index contributed by atoms with van der Waals surface area (Å²) in [6.45, 7) is 0. The molecule has 17 heavy (non-hydrogen) atoms. The van der Waals surface area contributed by atoms with Crippen LogP contribution < -0.4 is 4.72 Å². The lowest BCUT2D eigenvalue weighted by molar-refractivity contribution is 0.597. The molecule has 0 fully saturated rings. The highest BCUT2D eigenvalue weighted by atomic mass is 79.9. The molecule has 90 valence electrons. The number of rotatable bonds is 3. The van der Waals surface area contributed by atoms with Gasteiger partial charge in [0.25, 0.3) is 10.0 Å². The predicted molar refractivity (Wildman–Crippen MR) is 68.5 cm³/mol. The van der Waals surface area contributed by atoms with Gasteiger partial charge >= 0.3 is 0 Å². The maximum absolute atomic E-state index is 11.8. The van der Waals surface area contributed by atoms with Crippen LogP contribution in [0.4, 0.5) is 5.69 Å². The number of nitrogens with zero attached hydrogens (tertiary/aromatic N) is 1. The van der Waals surface area contributed by atoms with Gasteiger partial charge < -0.3 is 0 Å². The molecule has 1 aromatic heterocycles. The number of hydrogen-bond acceptors (Lipinski definition) is 3. The normalized spacial score (nSPS) is 11.4. The number of benzene rings is 1. The van der Waals surface area contributed by atoms with Gasteiger partial charge in [0.05, 0.1) is 16.9 Å². The summed E-state index contributed by atoms with van der Waals surface area (Å²) in [6, 6.07) is 6.11. The molecule has 0 bridgehead atoms. The van der Waals surface area contributed by atoms with Gasteiger partial charge in [-0.05, 0) is 40.2 Å². The highest BCUT2D eigenvalue weighted by Crippen LogP contribution is 2.26. The van der Waals surface area contributed by atoms with Gasteiger partial charge in [0.2, 0.25) is 0 Å². The van der Waals surface area contributed by atoms with E-state index in [0.717, 1.165) is 0 Å². The van der Waals surface area contributed by atoms with Crippen molar-refractivity contribution in [1.82, 2.24) is 10.2 Å². The molecule has 8 heteroatoms. The summed E-state index contributed by atoms with van der Waals surface area (Å²) in [6.07, 6.45) is 1.37. The van der Waals surface area contributed by atoms with Crippen LogP contribution in [-0.4, -0.2) is 18.6 Å². The minimum absolute atomic E-state index is 0.00331. The fraction of sp³-hybridized carbons (Fsp3) is 0. The second kappa shape index (κ2) is 4.67. The maximum Gasteiger partial charge on any atom is 0.278 e. The first-order valence-electron chi connectivity index (χ1n) is 4.46. The van der Waals surface area contributed by atoms with E-state index in [9.17, 15) is 8.42 Å². The zero-order valence-corrected chi connectivity index (χ0v) is 11.5. The van der Waals surface area contributed by atoms with E-state index in [0.29, 0.717) is 15.2 Å². The molecule has 2 N–H and O–H groups in total. The number of nitrogens with one attached hydrogen (secondary N) is 2. The molecule has 2 aromatic rings. The smallest absolute Gasteiger partial charge is 0.278 e. The number of aromatic nitrogens is 2. The third-order valence-electron chi connectivity index (χ3n) is 1.94. The van der Waals surface area contributed by atoms with Crippen molar-refractivity contribution in [3.63, 3.8) is 0 Å². The van der Waals surface area contributed by atoms with Gasteiger partial charge in [-0.15, -0.1) is 0 Å². The third-order valence-corrected chi connectivity index (χ3v) is 4.46. The second-order valence-corrected chi connectivity index (χ2v) is 6.07. The predicted octanol–water partition coefficient (Wildman–Crippen LogP) is 2.63. The van der Waals surface area contributed by atoms with Crippen LogP contribution in [-0.2, 0) is 10.0 Å². The molecule has 5 nitrogen and oxygen atoms in total. The summed E-state index contributed by atoms with van der Waals surface area (Å²) in [5.74, 6) is 0. The minimum Gasteiger partial charge on any atom is -0.278 e. The molecule has 0 spiro atoms. The monoisotopic (exact) mass is 335 g/mol. The van der Waals surface area contributed by atoms with Crippen molar-refractivity contribution < 1.29 is 8.42 Å². The van der Waals surface area contributed by atoms with E-state index in [-0.39, 0.29) is 5.03 Å². The lowest BCUT2D eigenvalue weighted by atomic mass is 10.3. The zero-order chi connectivity index (χ0) is 12.5. The summed E-state index contributed by atoms with van der Waals surface area (Å²) in [5, 5.41) is 6.48. The molecule has 1 heterocycles. The molecule has 1 aromatic carbocycles. The molecule has 0 unspecified atom stereocenters. The summed E-state index contributed by atoms with van der Waals surface area (Å²) >= 11 is 9.03. The van der Waals surface area contributed by atoms with Crippen molar-refractivity contribution in [1.29, 1.82) is 0 Å². The Bertz CT molecular complexity index is 628. The van der Waals surface area contributed by atoms with Crippen LogP contribution in [0, 0.1) is 0 Å². The van der Waals surface area contributed by atoms with E-state index >= 15 is 0 Å².